The Morgan fingerprint density at radius 3 is 2.77 bits per heavy atom. The Labute approximate surface area is 131 Å². The highest BCUT2D eigenvalue weighted by molar-refractivity contribution is 6.03. The largest absolute Gasteiger partial charge is 0.366 e. The lowest BCUT2D eigenvalue weighted by atomic mass is 9.86. The number of fused-ring (bicyclic) bond motifs is 1. The van der Waals surface area contributed by atoms with Gasteiger partial charge in [0.1, 0.15) is 0 Å². The summed E-state index contributed by atoms with van der Waals surface area (Å²) in [6.45, 7) is 4.14. The molecule has 0 fully saturated rings. The van der Waals surface area contributed by atoms with Crippen molar-refractivity contribution in [2.24, 2.45) is 5.73 Å². The highest BCUT2D eigenvalue weighted by atomic mass is 16.2. The number of nitrogens with one attached hydrogen (secondary N) is 1. The molecule has 0 aromatic heterocycles. The van der Waals surface area contributed by atoms with Gasteiger partial charge in [-0.05, 0) is 36.1 Å². The molecule has 2 rings (SSSR count). The zero-order chi connectivity index (χ0) is 16.1. The molecule has 22 heavy (non-hydrogen) atoms. The number of anilines is 1. The van der Waals surface area contributed by atoms with E-state index < -0.39 is 5.91 Å². The summed E-state index contributed by atoms with van der Waals surface area (Å²) < 4.78 is 0. The summed E-state index contributed by atoms with van der Waals surface area (Å²) in [6, 6.07) is 3.47. The molecule has 1 unspecified atom stereocenters. The van der Waals surface area contributed by atoms with Crippen molar-refractivity contribution in [1.29, 1.82) is 0 Å². The normalized spacial score (nSPS) is 15.3. The second-order valence-electron chi connectivity index (χ2n) is 5.38. The van der Waals surface area contributed by atoms with E-state index in [0.29, 0.717) is 12.0 Å². The highest BCUT2D eigenvalue weighted by Gasteiger charge is 2.27. The van der Waals surface area contributed by atoms with Crippen molar-refractivity contribution in [2.45, 2.75) is 39.0 Å². The van der Waals surface area contributed by atoms with Gasteiger partial charge in [0.05, 0.1) is 6.42 Å². The number of carbonyl (C=O) groups excluding carboxylic acids is 2. The van der Waals surface area contributed by atoms with Gasteiger partial charge in [0.25, 0.3) is 0 Å². The van der Waals surface area contributed by atoms with Crippen molar-refractivity contribution in [3.05, 3.63) is 53.1 Å². The van der Waals surface area contributed by atoms with E-state index in [0.717, 1.165) is 29.7 Å². The first-order valence-corrected chi connectivity index (χ1v) is 7.67. The van der Waals surface area contributed by atoms with Crippen LogP contribution in [0.1, 0.15) is 54.1 Å². The van der Waals surface area contributed by atoms with E-state index in [1.165, 1.54) is 0 Å². The smallest absolute Gasteiger partial charge is 0.249 e. The first kappa shape index (κ1) is 16.0. The molecule has 0 spiro atoms. The lowest BCUT2D eigenvalue weighted by molar-refractivity contribution is -0.115. The van der Waals surface area contributed by atoms with Crippen LogP contribution >= 0.6 is 0 Å². The van der Waals surface area contributed by atoms with Gasteiger partial charge in [-0.25, -0.2) is 0 Å². The van der Waals surface area contributed by atoms with E-state index in [4.69, 9.17) is 5.73 Å². The van der Waals surface area contributed by atoms with E-state index in [1.54, 1.807) is 12.1 Å². The van der Waals surface area contributed by atoms with Crippen LogP contribution in [0.4, 0.5) is 5.69 Å². The minimum absolute atomic E-state index is 0.0393. The average molecular weight is 298 g/mol. The Balaban J connectivity index is 2.48. The Hall–Kier alpha value is -2.36. The van der Waals surface area contributed by atoms with Gasteiger partial charge >= 0.3 is 0 Å². The van der Waals surface area contributed by atoms with Gasteiger partial charge in [-0.15, -0.1) is 0 Å². The summed E-state index contributed by atoms with van der Waals surface area (Å²) in [5.74, 6) is -0.428. The predicted molar refractivity (Wildman–Crippen MR) is 88.9 cm³/mol. The Bertz CT molecular complexity index is 645. The maximum Gasteiger partial charge on any atom is 0.249 e. The first-order valence-electron chi connectivity index (χ1n) is 7.67. The third-order valence-electron chi connectivity index (χ3n) is 3.87. The number of amides is 2. The summed E-state index contributed by atoms with van der Waals surface area (Å²) in [5, 5.41) is 2.83. The van der Waals surface area contributed by atoms with Gasteiger partial charge < -0.3 is 11.1 Å². The van der Waals surface area contributed by atoms with Crippen LogP contribution in [0, 0.1) is 0 Å². The summed E-state index contributed by atoms with van der Waals surface area (Å²) in [7, 11) is 0. The molecule has 1 aliphatic rings. The molecule has 4 nitrogen and oxygen atoms in total. The summed E-state index contributed by atoms with van der Waals surface area (Å²) in [4.78, 5) is 23.5. The van der Waals surface area contributed by atoms with E-state index >= 15 is 0 Å². The molecular weight excluding hydrogens is 276 g/mol. The number of hydrogen-bond acceptors (Lipinski definition) is 2. The van der Waals surface area contributed by atoms with E-state index in [-0.39, 0.29) is 11.8 Å². The molecule has 1 heterocycles. The van der Waals surface area contributed by atoms with Crippen molar-refractivity contribution in [2.75, 3.05) is 5.32 Å². The number of rotatable bonds is 6. The van der Waals surface area contributed by atoms with Gasteiger partial charge in [0, 0.05) is 17.2 Å². The van der Waals surface area contributed by atoms with Gasteiger partial charge in [0.15, 0.2) is 0 Å². The molecule has 116 valence electrons. The highest BCUT2D eigenvalue weighted by Crippen LogP contribution is 2.36. The molecule has 4 heteroatoms. The predicted octanol–water partition coefficient (Wildman–Crippen LogP) is 3.30. The Morgan fingerprint density at radius 2 is 2.14 bits per heavy atom. The molecule has 1 aliphatic heterocycles. The molecule has 0 radical (unpaired) electrons. The minimum atomic E-state index is -0.451. The van der Waals surface area contributed by atoms with Crippen LogP contribution in [0.15, 0.2) is 36.4 Å². The third kappa shape index (κ3) is 3.27. The fourth-order valence-electron chi connectivity index (χ4n) is 2.81. The van der Waals surface area contributed by atoms with Crippen molar-refractivity contribution in [3.8, 4) is 0 Å². The lowest BCUT2D eigenvalue weighted by Gasteiger charge is -2.18. The average Bonchev–Trinajstić information content (AvgIpc) is 2.87. The zero-order valence-electron chi connectivity index (χ0n) is 13.1. The van der Waals surface area contributed by atoms with Crippen LogP contribution in [0.5, 0.6) is 0 Å². The number of benzene rings is 1. The van der Waals surface area contributed by atoms with Crippen molar-refractivity contribution in [3.63, 3.8) is 0 Å². The van der Waals surface area contributed by atoms with Crippen molar-refractivity contribution >= 4 is 17.5 Å². The quantitative estimate of drug-likeness (QED) is 0.791. The van der Waals surface area contributed by atoms with Crippen LogP contribution in [0.3, 0.4) is 0 Å². The Kier molecular flexibility index (Phi) is 5.15. The maximum atomic E-state index is 11.8. The second-order valence-corrected chi connectivity index (χ2v) is 5.38. The fraction of sp³-hybridized carbons (Fsp3) is 0.333. The van der Waals surface area contributed by atoms with E-state index in [9.17, 15) is 9.59 Å². The summed E-state index contributed by atoms with van der Waals surface area (Å²) >= 11 is 0. The number of hydrogen-bond donors (Lipinski definition) is 2. The standard InChI is InChI=1S/C18H22N2O2/c1-3-5-6-7-8-12(4-2)17-13(18(19)22)9-10-15-14(17)11-16(21)20-15/h5-10,12H,3-4,11H2,1-2H3,(H2,19,22)(H,20,21)/b6-5+,8-7-. The number of allylic oxidation sites excluding steroid dienone is 4. The zero-order valence-corrected chi connectivity index (χ0v) is 13.1. The van der Waals surface area contributed by atoms with Crippen molar-refractivity contribution < 1.29 is 9.59 Å². The summed E-state index contributed by atoms with van der Waals surface area (Å²) in [6.07, 6.45) is 10.2. The van der Waals surface area contributed by atoms with Gasteiger partial charge in [-0.3, -0.25) is 9.59 Å². The molecule has 0 bridgehead atoms. The molecule has 3 N–H and O–H groups in total. The maximum absolute atomic E-state index is 11.8. The van der Waals surface area contributed by atoms with E-state index in [2.05, 4.69) is 31.3 Å². The van der Waals surface area contributed by atoms with Crippen LogP contribution < -0.4 is 11.1 Å². The van der Waals surface area contributed by atoms with Crippen LogP contribution in [-0.4, -0.2) is 11.8 Å². The van der Waals surface area contributed by atoms with E-state index in [1.807, 2.05) is 12.2 Å². The minimum Gasteiger partial charge on any atom is -0.366 e. The molecule has 1 aromatic rings. The van der Waals surface area contributed by atoms with Crippen LogP contribution in [-0.2, 0) is 11.2 Å². The monoisotopic (exact) mass is 298 g/mol. The van der Waals surface area contributed by atoms with Crippen molar-refractivity contribution in [1.82, 2.24) is 0 Å². The Morgan fingerprint density at radius 1 is 1.36 bits per heavy atom. The lowest BCUT2D eigenvalue weighted by Crippen LogP contribution is -2.16. The first-order chi connectivity index (χ1) is 10.6. The van der Waals surface area contributed by atoms with Crippen LogP contribution in [0.25, 0.3) is 0 Å². The second kappa shape index (κ2) is 7.07. The topological polar surface area (TPSA) is 72.2 Å². The molecule has 0 aliphatic carbocycles. The molecule has 0 saturated carbocycles. The third-order valence-corrected chi connectivity index (χ3v) is 3.87. The summed E-state index contributed by atoms with van der Waals surface area (Å²) in [5.41, 5.74) is 8.61. The molecule has 0 saturated heterocycles. The molecule has 2 amide bonds. The number of nitrogens with two attached hydrogens (primary N) is 1. The van der Waals surface area contributed by atoms with Gasteiger partial charge in [0.2, 0.25) is 11.8 Å². The molecule has 1 aromatic carbocycles. The fourth-order valence-corrected chi connectivity index (χ4v) is 2.81. The number of primary amides is 1. The molecular formula is C18H22N2O2. The molecule has 1 atom stereocenters. The SMILES string of the molecule is CC/C=C/C=C\C(CC)c1c(C(N)=O)ccc2c1CC(=O)N2. The number of carbonyl (C=O) groups is 2. The van der Waals surface area contributed by atoms with Gasteiger partial charge in [-0.1, -0.05) is 38.2 Å². The van der Waals surface area contributed by atoms with Gasteiger partial charge in [-0.2, -0.15) is 0 Å². The van der Waals surface area contributed by atoms with Crippen LogP contribution in [0.2, 0.25) is 0 Å².